The van der Waals surface area contributed by atoms with E-state index in [4.69, 9.17) is 42.4 Å². The van der Waals surface area contributed by atoms with Gasteiger partial charge in [-0.15, -0.1) is 6.58 Å². The molecule has 0 spiro atoms. The lowest BCUT2D eigenvalue weighted by Crippen LogP contribution is -2.40. The zero-order valence-electron chi connectivity index (χ0n) is 26.0. The zero-order chi connectivity index (χ0) is 33.0. The molecule has 4 aromatic rings. The van der Waals surface area contributed by atoms with Gasteiger partial charge in [-0.25, -0.2) is 9.79 Å². The average Bonchev–Trinajstić information content (AvgIpc) is 3.31. The van der Waals surface area contributed by atoms with Gasteiger partial charge in [0, 0.05) is 5.56 Å². The molecular formula is C36H34Cl2N2O5S. The Kier molecular flexibility index (Phi) is 10.5. The smallest absolute Gasteiger partial charge is 0.338 e. The van der Waals surface area contributed by atoms with Crippen molar-refractivity contribution in [2.45, 2.75) is 52.9 Å². The quantitative estimate of drug-likeness (QED) is 0.124. The van der Waals surface area contributed by atoms with Crippen molar-refractivity contribution in [1.29, 1.82) is 0 Å². The summed E-state index contributed by atoms with van der Waals surface area (Å²) in [6.45, 7) is 11.8. The monoisotopic (exact) mass is 676 g/mol. The van der Waals surface area contributed by atoms with Gasteiger partial charge in [0.1, 0.15) is 24.1 Å². The minimum absolute atomic E-state index is 0.117. The predicted molar refractivity (Wildman–Crippen MR) is 184 cm³/mol. The van der Waals surface area contributed by atoms with Crippen LogP contribution in [-0.2, 0) is 22.6 Å². The lowest BCUT2D eigenvalue weighted by Gasteiger charge is -2.26. The maximum Gasteiger partial charge on any atom is 0.338 e. The van der Waals surface area contributed by atoms with Crippen molar-refractivity contribution in [3.05, 3.63) is 137 Å². The highest BCUT2D eigenvalue weighted by Gasteiger charge is 2.35. The Balaban J connectivity index is 1.58. The molecule has 1 aliphatic heterocycles. The summed E-state index contributed by atoms with van der Waals surface area (Å²) in [6.07, 6.45) is 4.08. The van der Waals surface area contributed by atoms with Gasteiger partial charge in [-0.1, -0.05) is 70.9 Å². The van der Waals surface area contributed by atoms with E-state index in [1.807, 2.05) is 68.5 Å². The number of hydrogen-bond acceptors (Lipinski definition) is 7. The van der Waals surface area contributed by atoms with Crippen LogP contribution in [0.15, 0.2) is 94.4 Å². The van der Waals surface area contributed by atoms with Crippen LogP contribution in [0.1, 0.15) is 56.0 Å². The molecule has 0 N–H and O–H groups in total. The van der Waals surface area contributed by atoms with E-state index in [9.17, 15) is 9.59 Å². The number of esters is 1. The van der Waals surface area contributed by atoms with Crippen LogP contribution in [-0.4, -0.2) is 23.2 Å². The van der Waals surface area contributed by atoms with Crippen molar-refractivity contribution >= 4 is 46.6 Å². The molecule has 46 heavy (non-hydrogen) atoms. The van der Waals surface area contributed by atoms with E-state index in [0.717, 1.165) is 16.7 Å². The van der Waals surface area contributed by atoms with Crippen LogP contribution in [0.5, 0.6) is 11.5 Å². The Hall–Kier alpha value is -4.11. The maximum absolute atomic E-state index is 14.2. The van der Waals surface area contributed by atoms with Gasteiger partial charge in [-0.05, 0) is 87.2 Å². The summed E-state index contributed by atoms with van der Waals surface area (Å²) in [7, 11) is 0. The highest BCUT2D eigenvalue weighted by atomic mass is 35.5. The zero-order valence-corrected chi connectivity index (χ0v) is 28.3. The SMILES string of the molecule is C=CCc1cc(/C=c2/sc3n(c2=O)[C@H](c2ccccc2OC(C)C)C(C(=O)OCC)=C(C)N=3)ccc1OCc1ccc(Cl)c(Cl)c1. The number of benzene rings is 3. The second-order valence-electron chi connectivity index (χ2n) is 10.9. The lowest BCUT2D eigenvalue weighted by molar-refractivity contribution is -0.139. The normalized spacial score (nSPS) is 14.6. The molecule has 0 bridgehead atoms. The molecule has 1 aliphatic rings. The molecule has 0 aliphatic carbocycles. The third-order valence-electron chi connectivity index (χ3n) is 7.22. The summed E-state index contributed by atoms with van der Waals surface area (Å²) in [5.74, 6) is 0.757. The molecule has 5 rings (SSSR count). The number of allylic oxidation sites excluding steroid dienone is 2. The van der Waals surface area contributed by atoms with Gasteiger partial charge < -0.3 is 14.2 Å². The molecule has 1 atom stereocenters. The number of halogens is 2. The van der Waals surface area contributed by atoms with Gasteiger partial charge >= 0.3 is 5.97 Å². The van der Waals surface area contributed by atoms with Crippen LogP contribution in [0.25, 0.3) is 6.08 Å². The first-order valence-electron chi connectivity index (χ1n) is 14.9. The van der Waals surface area contributed by atoms with E-state index in [2.05, 4.69) is 6.58 Å². The van der Waals surface area contributed by atoms with Gasteiger partial charge in [-0.2, -0.15) is 0 Å². The number of para-hydroxylation sites is 1. The summed E-state index contributed by atoms with van der Waals surface area (Å²) < 4.78 is 19.7. The van der Waals surface area contributed by atoms with Gasteiger partial charge in [0.15, 0.2) is 4.80 Å². The molecule has 1 aromatic heterocycles. The van der Waals surface area contributed by atoms with E-state index < -0.39 is 12.0 Å². The van der Waals surface area contributed by atoms with E-state index in [0.29, 0.717) is 60.7 Å². The number of hydrogen-bond donors (Lipinski definition) is 0. The van der Waals surface area contributed by atoms with E-state index in [-0.39, 0.29) is 18.3 Å². The largest absolute Gasteiger partial charge is 0.491 e. The number of nitrogens with zero attached hydrogens (tertiary/aromatic N) is 2. The van der Waals surface area contributed by atoms with Crippen molar-refractivity contribution in [2.24, 2.45) is 4.99 Å². The molecule has 0 saturated carbocycles. The van der Waals surface area contributed by atoms with Crippen LogP contribution in [0.2, 0.25) is 10.0 Å². The maximum atomic E-state index is 14.2. The molecule has 10 heteroatoms. The Morgan fingerprint density at radius 2 is 1.87 bits per heavy atom. The number of aromatic nitrogens is 1. The highest BCUT2D eigenvalue weighted by molar-refractivity contribution is 7.07. The van der Waals surface area contributed by atoms with Gasteiger partial charge in [0.25, 0.3) is 5.56 Å². The Morgan fingerprint density at radius 1 is 1.09 bits per heavy atom. The van der Waals surface area contributed by atoms with Crippen LogP contribution in [0.3, 0.4) is 0 Å². The number of carbonyl (C=O) groups excluding carboxylic acids is 1. The highest BCUT2D eigenvalue weighted by Crippen LogP contribution is 2.36. The molecule has 0 fully saturated rings. The fourth-order valence-corrected chi connectivity index (χ4v) is 6.61. The minimum atomic E-state index is -0.777. The van der Waals surface area contributed by atoms with Crippen LogP contribution in [0, 0.1) is 0 Å². The first kappa shape index (κ1) is 33.3. The summed E-state index contributed by atoms with van der Waals surface area (Å²) in [6, 6.07) is 17.8. The lowest BCUT2D eigenvalue weighted by atomic mass is 9.95. The molecule has 0 unspecified atom stereocenters. The Labute approximate surface area is 281 Å². The summed E-state index contributed by atoms with van der Waals surface area (Å²) in [5.41, 5.74) is 3.81. The minimum Gasteiger partial charge on any atom is -0.491 e. The van der Waals surface area contributed by atoms with Crippen molar-refractivity contribution in [3.63, 3.8) is 0 Å². The van der Waals surface area contributed by atoms with Crippen LogP contribution in [0.4, 0.5) is 0 Å². The Morgan fingerprint density at radius 3 is 2.59 bits per heavy atom. The molecule has 7 nitrogen and oxygen atoms in total. The first-order chi connectivity index (χ1) is 22.1. The molecule has 0 radical (unpaired) electrons. The van der Waals surface area contributed by atoms with E-state index in [1.165, 1.54) is 11.3 Å². The molecule has 0 amide bonds. The summed E-state index contributed by atoms with van der Waals surface area (Å²) in [5, 5.41) is 0.952. The van der Waals surface area contributed by atoms with Gasteiger partial charge in [0.2, 0.25) is 0 Å². The average molecular weight is 678 g/mol. The van der Waals surface area contributed by atoms with Crippen molar-refractivity contribution < 1.29 is 19.0 Å². The third-order valence-corrected chi connectivity index (χ3v) is 8.94. The number of carbonyl (C=O) groups is 1. The molecular weight excluding hydrogens is 643 g/mol. The topological polar surface area (TPSA) is 79.1 Å². The van der Waals surface area contributed by atoms with Crippen molar-refractivity contribution in [1.82, 2.24) is 4.57 Å². The van der Waals surface area contributed by atoms with Crippen molar-refractivity contribution in [3.8, 4) is 11.5 Å². The fourth-order valence-electron chi connectivity index (χ4n) is 5.24. The van der Waals surface area contributed by atoms with Crippen LogP contribution >= 0.6 is 34.5 Å². The number of rotatable bonds is 11. The Bertz CT molecular complexity index is 2010. The van der Waals surface area contributed by atoms with Crippen LogP contribution < -0.4 is 24.4 Å². The van der Waals surface area contributed by atoms with Gasteiger partial charge in [0.05, 0.1) is 38.6 Å². The molecule has 238 valence electrons. The van der Waals surface area contributed by atoms with Gasteiger partial charge in [-0.3, -0.25) is 9.36 Å². The summed E-state index contributed by atoms with van der Waals surface area (Å²) >= 11 is 13.5. The number of fused-ring (bicyclic) bond motifs is 1. The van der Waals surface area contributed by atoms with Crippen molar-refractivity contribution in [2.75, 3.05) is 6.61 Å². The number of thiazole rings is 1. The summed E-state index contributed by atoms with van der Waals surface area (Å²) in [4.78, 5) is 32.7. The molecule has 0 saturated heterocycles. The second kappa shape index (κ2) is 14.5. The second-order valence-corrected chi connectivity index (χ2v) is 12.7. The third kappa shape index (κ3) is 7.15. The predicted octanol–water partition coefficient (Wildman–Crippen LogP) is 7.20. The fraction of sp³-hybridized carbons (Fsp3) is 0.250. The molecule has 2 heterocycles. The molecule has 3 aromatic carbocycles. The number of ether oxygens (including phenoxy) is 3. The van der Waals surface area contributed by atoms with E-state index >= 15 is 0 Å². The first-order valence-corrected chi connectivity index (χ1v) is 16.4. The standard InChI is InChI=1S/C36H34Cl2N2O5S/c1-6-10-25-17-23(14-16-29(25)44-20-24-13-15-27(37)28(38)18-24)19-31-34(41)40-33(26-11-8-9-12-30(26)45-21(3)4)32(35(42)43-7-2)22(5)39-36(40)46-31/h6,8-9,11-19,21,33H,1,7,10,20H2,2-5H3/b31-19+/t33-/m1/s1. The van der Waals surface area contributed by atoms with E-state index in [1.54, 1.807) is 36.6 Å².